The first-order valence-electron chi connectivity index (χ1n) is 5.07. The Bertz CT molecular complexity index is 638. The summed E-state index contributed by atoms with van der Waals surface area (Å²) in [6, 6.07) is 6.88. The van der Waals surface area contributed by atoms with Crippen molar-refractivity contribution >= 4 is 15.7 Å². The lowest BCUT2D eigenvalue weighted by molar-refractivity contribution is 0.498. The second kappa shape index (κ2) is 4.79. The number of para-hydroxylation sites is 1. The topological polar surface area (TPSA) is 85.3 Å². The molecule has 7 heteroatoms. The van der Waals surface area contributed by atoms with Crippen molar-refractivity contribution in [2.45, 2.75) is 11.4 Å². The average Bonchev–Trinajstić information content (AvgIpc) is 2.83. The van der Waals surface area contributed by atoms with Crippen molar-refractivity contribution in [2.24, 2.45) is 0 Å². The van der Waals surface area contributed by atoms with Crippen molar-refractivity contribution in [1.82, 2.24) is 4.72 Å². The number of hydrogen-bond donors (Lipinski definition) is 2. The fourth-order valence-corrected chi connectivity index (χ4v) is 2.54. The van der Waals surface area contributed by atoms with Crippen LogP contribution in [0.1, 0.15) is 5.76 Å². The van der Waals surface area contributed by atoms with E-state index in [1.54, 1.807) is 12.1 Å². The molecule has 0 saturated carbocycles. The summed E-state index contributed by atoms with van der Waals surface area (Å²) in [4.78, 5) is -0.283. The predicted octanol–water partition coefficient (Wildman–Crippen LogP) is 1.48. The minimum Gasteiger partial charge on any atom is -0.468 e. The molecular weight excluding hydrogens is 259 g/mol. The molecule has 3 N–H and O–H groups in total. The van der Waals surface area contributed by atoms with Crippen LogP contribution in [0.25, 0.3) is 0 Å². The number of nitrogens with one attached hydrogen (secondary N) is 1. The summed E-state index contributed by atoms with van der Waals surface area (Å²) < 4.78 is 44.3. The lowest BCUT2D eigenvalue weighted by Crippen LogP contribution is -2.24. The molecule has 0 spiro atoms. The van der Waals surface area contributed by atoms with E-state index < -0.39 is 21.5 Å². The number of halogens is 1. The minimum absolute atomic E-state index is 0.0225. The number of benzene rings is 1. The Labute approximate surface area is 103 Å². The molecule has 18 heavy (non-hydrogen) atoms. The van der Waals surface area contributed by atoms with Gasteiger partial charge in [-0.2, -0.15) is 0 Å². The standard InChI is InChI=1S/C11H11FN2O3S/c12-9-4-1-5-10(11(9)13)18(15,16)14-7-8-3-2-6-17-8/h1-6,14H,7,13H2. The van der Waals surface area contributed by atoms with Crippen molar-refractivity contribution in [2.75, 3.05) is 5.73 Å². The normalized spacial score (nSPS) is 11.6. The van der Waals surface area contributed by atoms with Gasteiger partial charge in [-0.05, 0) is 24.3 Å². The zero-order valence-corrected chi connectivity index (χ0v) is 10.1. The van der Waals surface area contributed by atoms with Gasteiger partial charge in [0.2, 0.25) is 10.0 Å². The molecule has 96 valence electrons. The van der Waals surface area contributed by atoms with Gasteiger partial charge < -0.3 is 10.2 Å². The van der Waals surface area contributed by atoms with Crippen LogP contribution in [0, 0.1) is 5.82 Å². The number of furan rings is 1. The SMILES string of the molecule is Nc1c(F)cccc1S(=O)(=O)NCc1ccco1. The third-order valence-corrected chi connectivity index (χ3v) is 3.78. The first-order chi connectivity index (χ1) is 8.50. The molecule has 1 aromatic heterocycles. The molecule has 0 radical (unpaired) electrons. The van der Waals surface area contributed by atoms with Crippen LogP contribution in [-0.2, 0) is 16.6 Å². The fourth-order valence-electron chi connectivity index (χ4n) is 1.41. The van der Waals surface area contributed by atoms with Crippen molar-refractivity contribution < 1.29 is 17.2 Å². The van der Waals surface area contributed by atoms with E-state index in [1.807, 2.05) is 0 Å². The van der Waals surface area contributed by atoms with Crippen molar-refractivity contribution in [3.05, 3.63) is 48.2 Å². The van der Waals surface area contributed by atoms with Gasteiger partial charge in [-0.25, -0.2) is 17.5 Å². The Kier molecular flexibility index (Phi) is 3.35. The van der Waals surface area contributed by atoms with Crippen molar-refractivity contribution in [1.29, 1.82) is 0 Å². The first-order valence-corrected chi connectivity index (χ1v) is 6.55. The molecular formula is C11H11FN2O3S. The molecule has 1 aromatic carbocycles. The van der Waals surface area contributed by atoms with Crippen LogP contribution in [0.4, 0.5) is 10.1 Å². The summed E-state index contributed by atoms with van der Waals surface area (Å²) in [5.41, 5.74) is 5.00. The predicted molar refractivity (Wildman–Crippen MR) is 63.5 cm³/mol. The molecule has 5 nitrogen and oxygen atoms in total. The fraction of sp³-hybridized carbons (Fsp3) is 0.0909. The Morgan fingerprint density at radius 3 is 2.72 bits per heavy atom. The Morgan fingerprint density at radius 1 is 1.28 bits per heavy atom. The number of nitrogens with two attached hydrogens (primary N) is 1. The van der Waals surface area contributed by atoms with E-state index >= 15 is 0 Å². The minimum atomic E-state index is -3.86. The third kappa shape index (κ3) is 2.52. The molecule has 0 saturated heterocycles. The molecule has 1 heterocycles. The maximum absolute atomic E-state index is 13.2. The second-order valence-electron chi connectivity index (χ2n) is 3.56. The highest BCUT2D eigenvalue weighted by Crippen LogP contribution is 2.20. The van der Waals surface area contributed by atoms with E-state index in [-0.39, 0.29) is 11.4 Å². The summed E-state index contributed by atoms with van der Waals surface area (Å²) in [6.07, 6.45) is 1.43. The molecule has 0 amide bonds. The first kappa shape index (κ1) is 12.6. The maximum Gasteiger partial charge on any atom is 0.243 e. The van der Waals surface area contributed by atoms with Gasteiger partial charge in [0.05, 0.1) is 18.5 Å². The van der Waals surface area contributed by atoms with Crippen LogP contribution in [-0.4, -0.2) is 8.42 Å². The van der Waals surface area contributed by atoms with Crippen LogP contribution in [0.15, 0.2) is 45.9 Å². The molecule has 0 aliphatic heterocycles. The summed E-state index contributed by atoms with van der Waals surface area (Å²) >= 11 is 0. The number of hydrogen-bond acceptors (Lipinski definition) is 4. The van der Waals surface area contributed by atoms with Gasteiger partial charge in [0.25, 0.3) is 0 Å². The van der Waals surface area contributed by atoms with E-state index in [0.717, 1.165) is 6.07 Å². The van der Waals surface area contributed by atoms with Crippen LogP contribution in [0.2, 0.25) is 0 Å². The van der Waals surface area contributed by atoms with Gasteiger partial charge in [-0.1, -0.05) is 6.07 Å². The van der Waals surface area contributed by atoms with Gasteiger partial charge in [0.15, 0.2) is 0 Å². The highest BCUT2D eigenvalue weighted by molar-refractivity contribution is 7.89. The molecule has 2 aromatic rings. The molecule has 0 unspecified atom stereocenters. The summed E-state index contributed by atoms with van der Waals surface area (Å²) in [5.74, 6) is -0.315. The van der Waals surface area contributed by atoms with E-state index in [1.165, 1.54) is 18.4 Å². The smallest absolute Gasteiger partial charge is 0.243 e. The molecule has 0 atom stereocenters. The van der Waals surface area contributed by atoms with E-state index in [4.69, 9.17) is 10.2 Å². The number of sulfonamides is 1. The monoisotopic (exact) mass is 270 g/mol. The summed E-state index contributed by atoms with van der Waals surface area (Å²) in [6.45, 7) is -0.0225. The van der Waals surface area contributed by atoms with E-state index in [9.17, 15) is 12.8 Å². The van der Waals surface area contributed by atoms with Gasteiger partial charge in [-0.15, -0.1) is 0 Å². The molecule has 0 aliphatic rings. The van der Waals surface area contributed by atoms with Gasteiger partial charge in [-0.3, -0.25) is 0 Å². The van der Waals surface area contributed by atoms with E-state index in [2.05, 4.69) is 4.72 Å². The average molecular weight is 270 g/mol. The molecule has 0 aliphatic carbocycles. The maximum atomic E-state index is 13.2. The van der Waals surface area contributed by atoms with Gasteiger partial charge >= 0.3 is 0 Å². The highest BCUT2D eigenvalue weighted by Gasteiger charge is 2.19. The van der Waals surface area contributed by atoms with Crippen molar-refractivity contribution in [3.63, 3.8) is 0 Å². The highest BCUT2D eigenvalue weighted by atomic mass is 32.2. The zero-order valence-electron chi connectivity index (χ0n) is 9.26. The van der Waals surface area contributed by atoms with Crippen LogP contribution < -0.4 is 10.5 Å². The molecule has 2 rings (SSSR count). The number of anilines is 1. The van der Waals surface area contributed by atoms with Crippen LogP contribution in [0.3, 0.4) is 0 Å². The van der Waals surface area contributed by atoms with Gasteiger partial charge in [0, 0.05) is 0 Å². The van der Waals surface area contributed by atoms with Crippen LogP contribution in [0.5, 0.6) is 0 Å². The largest absolute Gasteiger partial charge is 0.468 e. The summed E-state index contributed by atoms with van der Waals surface area (Å²) in [5, 5.41) is 0. The van der Waals surface area contributed by atoms with Crippen LogP contribution >= 0.6 is 0 Å². The Hall–Kier alpha value is -1.86. The summed E-state index contributed by atoms with van der Waals surface area (Å²) in [7, 11) is -3.86. The molecule has 0 bridgehead atoms. The lowest BCUT2D eigenvalue weighted by Gasteiger charge is -2.08. The van der Waals surface area contributed by atoms with Crippen molar-refractivity contribution in [3.8, 4) is 0 Å². The van der Waals surface area contributed by atoms with E-state index in [0.29, 0.717) is 5.76 Å². The quantitative estimate of drug-likeness (QED) is 0.824. The lowest BCUT2D eigenvalue weighted by atomic mass is 10.3. The second-order valence-corrected chi connectivity index (χ2v) is 5.29. The Balaban J connectivity index is 2.23. The zero-order chi connectivity index (χ0) is 13.2. The third-order valence-electron chi connectivity index (χ3n) is 2.32. The van der Waals surface area contributed by atoms with Gasteiger partial charge in [0.1, 0.15) is 16.5 Å². The number of nitrogen functional groups attached to an aromatic ring is 1. The molecule has 0 fully saturated rings. The number of rotatable bonds is 4. The Morgan fingerprint density at radius 2 is 2.06 bits per heavy atom.